The van der Waals surface area contributed by atoms with Crippen LogP contribution in [0.4, 0.5) is 0 Å². The van der Waals surface area contributed by atoms with Crippen LogP contribution in [0.1, 0.15) is 40.0 Å². The molecule has 0 spiro atoms. The van der Waals surface area contributed by atoms with Crippen LogP contribution in [0.5, 0.6) is 0 Å². The van der Waals surface area contributed by atoms with Crippen LogP contribution in [0.25, 0.3) is 0 Å². The van der Waals surface area contributed by atoms with E-state index in [1.807, 2.05) is 20.8 Å². The maximum absolute atomic E-state index is 11.4. The van der Waals surface area contributed by atoms with Gasteiger partial charge in [-0.05, 0) is 26.7 Å². The van der Waals surface area contributed by atoms with E-state index in [2.05, 4.69) is 4.90 Å². The first-order valence-corrected chi connectivity index (χ1v) is 6.10. The maximum Gasteiger partial charge on any atom is 0.323 e. The third kappa shape index (κ3) is 2.95. The van der Waals surface area contributed by atoms with E-state index in [4.69, 9.17) is 4.74 Å². The highest BCUT2D eigenvalue weighted by molar-refractivity contribution is 5.78. The molecule has 0 saturated carbocycles. The summed E-state index contributed by atoms with van der Waals surface area (Å²) in [5.41, 5.74) is -0.739. The molecule has 1 aliphatic heterocycles. The van der Waals surface area contributed by atoms with E-state index in [1.165, 1.54) is 0 Å². The lowest BCUT2D eigenvalue weighted by molar-refractivity contribution is -0.151. The second-order valence-corrected chi connectivity index (χ2v) is 4.81. The van der Waals surface area contributed by atoms with E-state index in [1.54, 1.807) is 0 Å². The summed E-state index contributed by atoms with van der Waals surface area (Å²) < 4.78 is 5.55. The minimum Gasteiger partial charge on any atom is -0.480 e. The second kappa shape index (κ2) is 5.64. The van der Waals surface area contributed by atoms with Crippen LogP contribution in [0.3, 0.4) is 0 Å². The second-order valence-electron chi connectivity index (χ2n) is 4.81. The third-order valence-electron chi connectivity index (χ3n) is 3.35. The minimum atomic E-state index is -0.739. The van der Waals surface area contributed by atoms with E-state index in [0.717, 1.165) is 26.0 Å². The van der Waals surface area contributed by atoms with Crippen LogP contribution in [0, 0.1) is 0 Å². The summed E-state index contributed by atoms with van der Waals surface area (Å²) in [5.74, 6) is -0.719. The predicted octanol–water partition coefficient (Wildman–Crippen LogP) is 1.74. The smallest absolute Gasteiger partial charge is 0.323 e. The summed E-state index contributed by atoms with van der Waals surface area (Å²) in [4.78, 5) is 13.5. The standard InChI is InChI=1S/C12H23NO3/c1-4-6-12(3,11(14)15)13-7-5-8-16-10(2)9-13/h10H,4-9H2,1-3H3,(H,14,15). The number of nitrogens with zero attached hydrogens (tertiary/aromatic N) is 1. The molecule has 0 amide bonds. The molecule has 0 radical (unpaired) electrons. The molecule has 0 aromatic rings. The normalized spacial score (nSPS) is 27.1. The van der Waals surface area contributed by atoms with Crippen molar-refractivity contribution in [1.82, 2.24) is 4.90 Å². The fraction of sp³-hybridized carbons (Fsp3) is 0.917. The zero-order valence-electron chi connectivity index (χ0n) is 10.5. The lowest BCUT2D eigenvalue weighted by Gasteiger charge is -2.37. The summed E-state index contributed by atoms with van der Waals surface area (Å²) in [6.45, 7) is 8.12. The van der Waals surface area contributed by atoms with Gasteiger partial charge in [-0.2, -0.15) is 0 Å². The average Bonchev–Trinajstić information content (AvgIpc) is 2.43. The Morgan fingerprint density at radius 3 is 2.88 bits per heavy atom. The van der Waals surface area contributed by atoms with Gasteiger partial charge in [0.25, 0.3) is 0 Å². The van der Waals surface area contributed by atoms with Gasteiger partial charge in [0, 0.05) is 19.7 Å². The van der Waals surface area contributed by atoms with Crippen molar-refractivity contribution in [2.45, 2.75) is 51.7 Å². The number of carboxylic acids is 1. The van der Waals surface area contributed by atoms with Crippen LogP contribution >= 0.6 is 0 Å². The molecule has 0 aliphatic carbocycles. The molecule has 4 heteroatoms. The van der Waals surface area contributed by atoms with E-state index in [9.17, 15) is 9.90 Å². The molecular weight excluding hydrogens is 206 g/mol. The Morgan fingerprint density at radius 2 is 2.31 bits per heavy atom. The average molecular weight is 229 g/mol. The largest absolute Gasteiger partial charge is 0.480 e. The summed E-state index contributed by atoms with van der Waals surface area (Å²) >= 11 is 0. The fourth-order valence-corrected chi connectivity index (χ4v) is 2.33. The lowest BCUT2D eigenvalue weighted by Crippen LogP contribution is -2.54. The van der Waals surface area contributed by atoms with Crippen LogP contribution in [0.2, 0.25) is 0 Å². The first kappa shape index (κ1) is 13.5. The molecule has 94 valence electrons. The van der Waals surface area contributed by atoms with Crippen LogP contribution in [-0.4, -0.2) is 47.3 Å². The quantitative estimate of drug-likeness (QED) is 0.797. The molecule has 1 fully saturated rings. The number of carbonyl (C=O) groups is 1. The number of rotatable bonds is 4. The molecule has 2 unspecified atom stereocenters. The van der Waals surface area contributed by atoms with Gasteiger partial charge in [-0.15, -0.1) is 0 Å². The van der Waals surface area contributed by atoms with Crippen molar-refractivity contribution >= 4 is 5.97 Å². The van der Waals surface area contributed by atoms with Gasteiger partial charge >= 0.3 is 5.97 Å². The van der Waals surface area contributed by atoms with Crippen molar-refractivity contribution in [3.05, 3.63) is 0 Å². The Hall–Kier alpha value is -0.610. The molecular formula is C12H23NO3. The van der Waals surface area contributed by atoms with Gasteiger partial charge in [0.2, 0.25) is 0 Å². The summed E-state index contributed by atoms with van der Waals surface area (Å²) in [6, 6.07) is 0. The molecule has 1 rings (SSSR count). The van der Waals surface area contributed by atoms with Gasteiger partial charge in [0.05, 0.1) is 6.10 Å². The van der Waals surface area contributed by atoms with Crippen molar-refractivity contribution in [2.24, 2.45) is 0 Å². The van der Waals surface area contributed by atoms with Gasteiger partial charge in [-0.1, -0.05) is 13.3 Å². The van der Waals surface area contributed by atoms with E-state index >= 15 is 0 Å². The van der Waals surface area contributed by atoms with Gasteiger partial charge in [0.1, 0.15) is 5.54 Å². The molecule has 0 aromatic heterocycles. The third-order valence-corrected chi connectivity index (χ3v) is 3.35. The van der Waals surface area contributed by atoms with Crippen LogP contribution in [-0.2, 0) is 9.53 Å². The highest BCUT2D eigenvalue weighted by Gasteiger charge is 2.39. The Kier molecular flexibility index (Phi) is 4.74. The summed E-state index contributed by atoms with van der Waals surface area (Å²) in [6.07, 6.45) is 2.61. The number of hydrogen-bond acceptors (Lipinski definition) is 3. The Labute approximate surface area is 97.6 Å². The molecule has 0 aromatic carbocycles. The SMILES string of the molecule is CCCC(C)(C(=O)O)N1CCCOC(C)C1. The van der Waals surface area contributed by atoms with Crippen molar-refractivity contribution in [1.29, 1.82) is 0 Å². The minimum absolute atomic E-state index is 0.123. The Morgan fingerprint density at radius 1 is 1.62 bits per heavy atom. The molecule has 0 bridgehead atoms. The van der Waals surface area contributed by atoms with Crippen molar-refractivity contribution in [3.63, 3.8) is 0 Å². The Bertz CT molecular complexity index is 244. The topological polar surface area (TPSA) is 49.8 Å². The molecule has 1 heterocycles. The van der Waals surface area contributed by atoms with Gasteiger partial charge in [-0.3, -0.25) is 9.69 Å². The fourth-order valence-electron chi connectivity index (χ4n) is 2.33. The molecule has 1 aliphatic rings. The van der Waals surface area contributed by atoms with Crippen LogP contribution in [0.15, 0.2) is 0 Å². The summed E-state index contributed by atoms with van der Waals surface area (Å²) in [5, 5.41) is 9.41. The molecule has 16 heavy (non-hydrogen) atoms. The highest BCUT2D eigenvalue weighted by Crippen LogP contribution is 2.24. The number of hydrogen-bond donors (Lipinski definition) is 1. The van der Waals surface area contributed by atoms with Crippen molar-refractivity contribution in [2.75, 3.05) is 19.7 Å². The Balaban J connectivity index is 2.79. The van der Waals surface area contributed by atoms with Gasteiger partial charge in [-0.25, -0.2) is 0 Å². The monoisotopic (exact) mass is 229 g/mol. The van der Waals surface area contributed by atoms with Crippen LogP contribution < -0.4 is 0 Å². The van der Waals surface area contributed by atoms with Gasteiger partial charge < -0.3 is 9.84 Å². The summed E-state index contributed by atoms with van der Waals surface area (Å²) in [7, 11) is 0. The van der Waals surface area contributed by atoms with E-state index in [0.29, 0.717) is 13.0 Å². The molecule has 1 saturated heterocycles. The first-order chi connectivity index (χ1) is 7.50. The zero-order chi connectivity index (χ0) is 12.2. The molecule has 1 N–H and O–H groups in total. The maximum atomic E-state index is 11.4. The zero-order valence-corrected chi connectivity index (χ0v) is 10.5. The van der Waals surface area contributed by atoms with Gasteiger partial charge in [0.15, 0.2) is 0 Å². The highest BCUT2D eigenvalue weighted by atomic mass is 16.5. The number of ether oxygens (including phenoxy) is 1. The van der Waals surface area contributed by atoms with E-state index in [-0.39, 0.29) is 6.10 Å². The predicted molar refractivity (Wildman–Crippen MR) is 62.6 cm³/mol. The number of aliphatic carboxylic acids is 1. The lowest BCUT2D eigenvalue weighted by atomic mass is 9.93. The first-order valence-electron chi connectivity index (χ1n) is 6.10. The van der Waals surface area contributed by atoms with Crippen molar-refractivity contribution < 1.29 is 14.6 Å². The molecule has 4 nitrogen and oxygen atoms in total. The van der Waals surface area contributed by atoms with Crippen molar-refractivity contribution in [3.8, 4) is 0 Å². The van der Waals surface area contributed by atoms with E-state index < -0.39 is 11.5 Å². The molecule has 2 atom stereocenters. The number of carboxylic acid groups (broad SMARTS) is 1.